The van der Waals surface area contributed by atoms with Gasteiger partial charge >= 0.3 is 6.18 Å². The third-order valence-corrected chi connectivity index (χ3v) is 4.93. The first-order valence-electron chi connectivity index (χ1n) is 8.82. The molecule has 2 heterocycles. The van der Waals surface area contributed by atoms with Crippen LogP contribution in [0.2, 0.25) is 0 Å². The summed E-state index contributed by atoms with van der Waals surface area (Å²) in [6, 6.07) is 12.5. The second kappa shape index (κ2) is 7.82. The summed E-state index contributed by atoms with van der Waals surface area (Å²) in [5.74, 6) is 1.10. The third kappa shape index (κ3) is 4.09. The lowest BCUT2D eigenvalue weighted by Gasteiger charge is -2.16. The van der Waals surface area contributed by atoms with Crippen molar-refractivity contribution in [2.45, 2.75) is 12.6 Å². The van der Waals surface area contributed by atoms with Crippen LogP contribution in [0, 0.1) is 0 Å². The van der Waals surface area contributed by atoms with Crippen molar-refractivity contribution in [2.24, 2.45) is 9.98 Å². The molecular weight excluding hydrogens is 399 g/mol. The SMILES string of the molecule is CSC1=NCCC(Nc2nc(-c3ccccc3C(F)(F)F)nc3ccccc23)=N1. The Hall–Kier alpha value is -2.94. The Morgan fingerprint density at radius 1 is 1.00 bits per heavy atom. The van der Waals surface area contributed by atoms with Crippen LogP contribution >= 0.6 is 11.8 Å². The van der Waals surface area contributed by atoms with E-state index in [0.29, 0.717) is 40.7 Å². The summed E-state index contributed by atoms with van der Waals surface area (Å²) in [7, 11) is 0. The number of hydrogen-bond donors (Lipinski definition) is 1. The number of aliphatic imine (C=N–C) groups is 2. The summed E-state index contributed by atoms with van der Waals surface area (Å²) in [6.45, 7) is 0.592. The minimum Gasteiger partial charge on any atom is -0.328 e. The van der Waals surface area contributed by atoms with E-state index in [1.54, 1.807) is 18.2 Å². The van der Waals surface area contributed by atoms with E-state index < -0.39 is 11.7 Å². The Balaban J connectivity index is 1.85. The van der Waals surface area contributed by atoms with Gasteiger partial charge in [0.15, 0.2) is 11.0 Å². The lowest BCUT2D eigenvalue weighted by molar-refractivity contribution is -0.137. The topological polar surface area (TPSA) is 62.5 Å². The van der Waals surface area contributed by atoms with Gasteiger partial charge < -0.3 is 5.32 Å². The van der Waals surface area contributed by atoms with Crippen LogP contribution in [0.4, 0.5) is 19.0 Å². The minimum absolute atomic E-state index is 0.00860. The summed E-state index contributed by atoms with van der Waals surface area (Å²) in [4.78, 5) is 17.6. The number of rotatable bonds is 2. The maximum Gasteiger partial charge on any atom is 0.417 e. The van der Waals surface area contributed by atoms with Crippen molar-refractivity contribution in [3.63, 3.8) is 0 Å². The second-order valence-corrected chi connectivity index (χ2v) is 7.03. The Labute approximate surface area is 169 Å². The van der Waals surface area contributed by atoms with Gasteiger partial charge in [-0.3, -0.25) is 4.99 Å². The first kappa shape index (κ1) is 19.4. The number of thioether (sulfide) groups is 1. The largest absolute Gasteiger partial charge is 0.417 e. The molecule has 1 N–H and O–H groups in total. The summed E-state index contributed by atoms with van der Waals surface area (Å²) in [5, 5.41) is 4.54. The van der Waals surface area contributed by atoms with E-state index in [2.05, 4.69) is 25.3 Å². The average Bonchev–Trinajstić information content (AvgIpc) is 2.73. The fraction of sp³-hybridized carbons (Fsp3) is 0.200. The van der Waals surface area contributed by atoms with E-state index in [1.807, 2.05) is 18.4 Å². The number of para-hydroxylation sites is 1. The smallest absolute Gasteiger partial charge is 0.328 e. The molecule has 2 aromatic carbocycles. The zero-order chi connectivity index (χ0) is 20.4. The predicted molar refractivity (Wildman–Crippen MR) is 111 cm³/mol. The van der Waals surface area contributed by atoms with Gasteiger partial charge in [-0.1, -0.05) is 42.1 Å². The molecule has 29 heavy (non-hydrogen) atoms. The van der Waals surface area contributed by atoms with Crippen LogP contribution in [0.5, 0.6) is 0 Å². The summed E-state index contributed by atoms with van der Waals surface area (Å²) >= 11 is 1.43. The van der Waals surface area contributed by atoms with Gasteiger partial charge in [-0.15, -0.1) is 0 Å². The highest BCUT2D eigenvalue weighted by Crippen LogP contribution is 2.36. The molecule has 4 rings (SSSR count). The van der Waals surface area contributed by atoms with E-state index in [4.69, 9.17) is 0 Å². The maximum atomic E-state index is 13.5. The Kier molecular flexibility index (Phi) is 5.23. The highest BCUT2D eigenvalue weighted by Gasteiger charge is 2.34. The summed E-state index contributed by atoms with van der Waals surface area (Å²) < 4.78 is 40.5. The van der Waals surface area contributed by atoms with Gasteiger partial charge in [0.25, 0.3) is 0 Å². The lowest BCUT2D eigenvalue weighted by Crippen LogP contribution is -2.19. The molecule has 0 fully saturated rings. The molecule has 0 aliphatic carbocycles. The molecular formula is C20H16F3N5S. The van der Waals surface area contributed by atoms with Crippen LogP contribution in [-0.4, -0.2) is 33.8 Å². The molecule has 1 aliphatic heterocycles. The van der Waals surface area contributed by atoms with Gasteiger partial charge in [-0.05, 0) is 24.5 Å². The quantitative estimate of drug-likeness (QED) is 0.621. The predicted octanol–water partition coefficient (Wildman–Crippen LogP) is 5.25. The highest BCUT2D eigenvalue weighted by atomic mass is 32.2. The lowest BCUT2D eigenvalue weighted by atomic mass is 10.1. The van der Waals surface area contributed by atoms with Crippen molar-refractivity contribution in [1.82, 2.24) is 9.97 Å². The van der Waals surface area contributed by atoms with Gasteiger partial charge in [0.1, 0.15) is 11.7 Å². The molecule has 0 radical (unpaired) electrons. The van der Waals surface area contributed by atoms with Crippen LogP contribution in [-0.2, 0) is 6.18 Å². The van der Waals surface area contributed by atoms with Gasteiger partial charge in [0.05, 0.1) is 11.1 Å². The molecule has 1 aliphatic rings. The first-order valence-corrected chi connectivity index (χ1v) is 10.0. The Morgan fingerprint density at radius 3 is 2.55 bits per heavy atom. The summed E-state index contributed by atoms with van der Waals surface area (Å²) in [6.07, 6.45) is -2.02. The van der Waals surface area contributed by atoms with Crippen LogP contribution < -0.4 is 5.32 Å². The first-order chi connectivity index (χ1) is 14.0. The van der Waals surface area contributed by atoms with Gasteiger partial charge in [-0.25, -0.2) is 15.0 Å². The van der Waals surface area contributed by atoms with E-state index in [-0.39, 0.29) is 11.4 Å². The molecule has 0 saturated heterocycles. The normalized spacial score (nSPS) is 14.5. The molecule has 0 saturated carbocycles. The molecule has 148 valence electrons. The van der Waals surface area contributed by atoms with Crippen LogP contribution in [0.15, 0.2) is 58.5 Å². The zero-order valence-corrected chi connectivity index (χ0v) is 16.2. The summed E-state index contributed by atoms with van der Waals surface area (Å²) in [5.41, 5.74) is -0.286. The Morgan fingerprint density at radius 2 is 1.76 bits per heavy atom. The molecule has 5 nitrogen and oxygen atoms in total. The van der Waals surface area contributed by atoms with Gasteiger partial charge in [0.2, 0.25) is 0 Å². The van der Waals surface area contributed by atoms with Crippen molar-refractivity contribution in [3.05, 3.63) is 54.1 Å². The third-order valence-electron chi connectivity index (χ3n) is 4.35. The number of alkyl halides is 3. The zero-order valence-electron chi connectivity index (χ0n) is 15.4. The number of halogens is 3. The standard InChI is InChI=1S/C20H16F3N5S/c1-29-19-24-11-10-16(27-19)26-18-13-7-3-5-9-15(13)25-17(28-18)12-6-2-4-8-14(12)20(21,22)23/h2-9H,10-11H2,1H3,(H,24,25,26,27,28). The monoisotopic (exact) mass is 415 g/mol. The van der Waals surface area contributed by atoms with E-state index >= 15 is 0 Å². The van der Waals surface area contributed by atoms with Crippen molar-refractivity contribution < 1.29 is 13.2 Å². The average molecular weight is 415 g/mol. The van der Waals surface area contributed by atoms with Crippen molar-refractivity contribution in [1.29, 1.82) is 0 Å². The fourth-order valence-corrected chi connectivity index (χ4v) is 3.44. The van der Waals surface area contributed by atoms with Crippen molar-refractivity contribution >= 4 is 39.5 Å². The van der Waals surface area contributed by atoms with Crippen LogP contribution in [0.3, 0.4) is 0 Å². The van der Waals surface area contributed by atoms with Crippen molar-refractivity contribution in [2.75, 3.05) is 18.1 Å². The van der Waals surface area contributed by atoms with Gasteiger partial charge in [-0.2, -0.15) is 13.2 Å². The number of anilines is 1. The fourth-order valence-electron chi connectivity index (χ4n) is 3.02. The number of amidine groups is 2. The second-order valence-electron chi connectivity index (χ2n) is 6.26. The molecule has 0 amide bonds. The Bertz CT molecular complexity index is 1120. The number of nitrogens with one attached hydrogen (secondary N) is 1. The number of aromatic nitrogens is 2. The molecule has 1 aromatic heterocycles. The highest BCUT2D eigenvalue weighted by molar-refractivity contribution is 8.13. The molecule has 9 heteroatoms. The molecule has 0 bridgehead atoms. The number of fused-ring (bicyclic) bond motifs is 1. The van der Waals surface area contributed by atoms with Crippen LogP contribution in [0.25, 0.3) is 22.3 Å². The molecule has 0 atom stereocenters. The number of nitrogens with zero attached hydrogens (tertiary/aromatic N) is 4. The van der Waals surface area contributed by atoms with E-state index in [0.717, 1.165) is 6.07 Å². The maximum absolute atomic E-state index is 13.5. The molecule has 0 spiro atoms. The van der Waals surface area contributed by atoms with Gasteiger partial charge in [0, 0.05) is 23.9 Å². The molecule has 3 aromatic rings. The van der Waals surface area contributed by atoms with E-state index in [1.165, 1.54) is 23.9 Å². The van der Waals surface area contributed by atoms with E-state index in [9.17, 15) is 13.2 Å². The minimum atomic E-state index is -4.50. The molecule has 0 unspecified atom stereocenters. The van der Waals surface area contributed by atoms with Crippen molar-refractivity contribution in [3.8, 4) is 11.4 Å². The van der Waals surface area contributed by atoms with Crippen LogP contribution in [0.1, 0.15) is 12.0 Å². The number of benzene rings is 2. The number of hydrogen-bond acceptors (Lipinski definition) is 6.